The van der Waals surface area contributed by atoms with Crippen LogP contribution in [0.3, 0.4) is 0 Å². The maximum absolute atomic E-state index is 15.0. The number of halogens is 3. The average Bonchev–Trinajstić information content (AvgIpc) is 3.37. The van der Waals surface area contributed by atoms with Gasteiger partial charge in [0.2, 0.25) is 0 Å². The van der Waals surface area contributed by atoms with Gasteiger partial charge in [0.05, 0.1) is 13.2 Å². The van der Waals surface area contributed by atoms with Gasteiger partial charge in [-0.1, -0.05) is 12.5 Å². The number of carbonyl (C=O) groups is 1. The fraction of sp³-hybridized carbons (Fsp3) is 0.625. The predicted octanol–water partition coefficient (Wildman–Crippen LogP) is 6.59. The Hall–Kier alpha value is -2.85. The first-order chi connectivity index (χ1) is 19.9. The van der Waals surface area contributed by atoms with E-state index in [9.17, 15) is 18.0 Å². The average molecular weight is 592 g/mol. The van der Waals surface area contributed by atoms with E-state index < -0.39 is 34.9 Å². The lowest BCUT2D eigenvalue weighted by Crippen LogP contribution is -2.38. The number of rotatable bonds is 12. The largest absolute Gasteiger partial charge is 0.493 e. The second-order valence-electron chi connectivity index (χ2n) is 12.3. The van der Waals surface area contributed by atoms with Gasteiger partial charge in [0.25, 0.3) is 5.92 Å². The summed E-state index contributed by atoms with van der Waals surface area (Å²) < 4.78 is 60.5. The molecule has 0 amide bonds. The van der Waals surface area contributed by atoms with Crippen LogP contribution in [0, 0.1) is 5.82 Å². The van der Waals surface area contributed by atoms with Crippen LogP contribution in [0.2, 0.25) is 0 Å². The smallest absolute Gasteiger partial charge is 0.328 e. The van der Waals surface area contributed by atoms with Crippen molar-refractivity contribution in [3.63, 3.8) is 0 Å². The standard InChI is InChI=1S/C32H44F3N3O4/c1-31(2,3)42-30(39)27(25-18-22(32(4,34)35)19-26(33)28(25)40-5)38-16-14-24(20-38)41-17-8-6-7-11-23-13-12-21-10-9-15-36-29(21)37-23/h12-13,18-19,24,27H,6-11,14-17,20H2,1-5H3,(H,36,37)/t24-,27?/m1/s1. The number of nitrogens with zero attached hydrogens (tertiary/aromatic N) is 2. The third-order valence-electron chi connectivity index (χ3n) is 7.63. The van der Waals surface area contributed by atoms with Crippen LogP contribution in [-0.4, -0.2) is 60.9 Å². The highest BCUT2D eigenvalue weighted by atomic mass is 19.3. The highest BCUT2D eigenvalue weighted by molar-refractivity contribution is 5.79. The zero-order valence-corrected chi connectivity index (χ0v) is 25.4. The first-order valence-corrected chi connectivity index (χ1v) is 14.9. The Kier molecular flexibility index (Phi) is 10.4. The summed E-state index contributed by atoms with van der Waals surface area (Å²) >= 11 is 0. The number of aryl methyl sites for hydroxylation is 2. The SMILES string of the molecule is COc1c(F)cc(C(C)(F)F)cc1C(C(=O)OC(C)(C)C)N1CC[C@@H](OCCCCCc2ccc3c(n2)NCCC3)C1. The van der Waals surface area contributed by atoms with Gasteiger partial charge in [-0.3, -0.25) is 4.90 Å². The topological polar surface area (TPSA) is 72.9 Å². The van der Waals surface area contributed by atoms with Gasteiger partial charge in [-0.05, 0) is 83.1 Å². The lowest BCUT2D eigenvalue weighted by atomic mass is 9.98. The van der Waals surface area contributed by atoms with Crippen molar-refractivity contribution < 1.29 is 32.2 Å². The van der Waals surface area contributed by atoms with Crippen molar-refractivity contribution in [3.05, 3.63) is 52.5 Å². The minimum Gasteiger partial charge on any atom is -0.493 e. The third-order valence-corrected chi connectivity index (χ3v) is 7.63. The lowest BCUT2D eigenvalue weighted by Gasteiger charge is -2.31. The molecule has 1 aromatic carbocycles. The van der Waals surface area contributed by atoms with Gasteiger partial charge in [-0.15, -0.1) is 0 Å². The molecule has 2 atom stereocenters. The van der Waals surface area contributed by atoms with E-state index >= 15 is 0 Å². The Labute approximate surface area is 247 Å². The first-order valence-electron chi connectivity index (χ1n) is 14.9. The van der Waals surface area contributed by atoms with E-state index in [4.69, 9.17) is 19.2 Å². The zero-order chi connectivity index (χ0) is 30.5. The number of methoxy groups -OCH3 is 1. The van der Waals surface area contributed by atoms with Crippen molar-refractivity contribution in [3.8, 4) is 5.75 Å². The minimum absolute atomic E-state index is 0.0231. The van der Waals surface area contributed by atoms with E-state index in [1.54, 1.807) is 20.8 Å². The molecule has 2 aliphatic heterocycles. The molecule has 2 aromatic rings. The molecule has 1 unspecified atom stereocenters. The molecular weight excluding hydrogens is 547 g/mol. The highest BCUT2D eigenvalue weighted by Crippen LogP contribution is 2.40. The number of alkyl halides is 2. The van der Waals surface area contributed by atoms with Crippen molar-refractivity contribution in [1.29, 1.82) is 0 Å². The number of unbranched alkanes of at least 4 members (excludes halogenated alkanes) is 2. The number of ether oxygens (including phenoxy) is 3. The normalized spacial score (nSPS) is 18.3. The number of esters is 1. The maximum Gasteiger partial charge on any atom is 0.328 e. The Balaban J connectivity index is 1.35. The molecule has 0 saturated carbocycles. The number of fused-ring (bicyclic) bond motifs is 1. The van der Waals surface area contributed by atoms with Crippen LogP contribution >= 0.6 is 0 Å². The molecule has 1 N–H and O–H groups in total. The monoisotopic (exact) mass is 591 g/mol. The van der Waals surface area contributed by atoms with Gasteiger partial charge in [0.15, 0.2) is 11.6 Å². The van der Waals surface area contributed by atoms with Crippen LogP contribution < -0.4 is 10.1 Å². The molecule has 10 heteroatoms. The zero-order valence-electron chi connectivity index (χ0n) is 25.4. The lowest BCUT2D eigenvalue weighted by molar-refractivity contribution is -0.161. The Morgan fingerprint density at radius 3 is 2.67 bits per heavy atom. The van der Waals surface area contributed by atoms with Crippen LogP contribution in [0.5, 0.6) is 5.75 Å². The van der Waals surface area contributed by atoms with Gasteiger partial charge in [0.1, 0.15) is 17.5 Å². The molecule has 42 heavy (non-hydrogen) atoms. The third kappa shape index (κ3) is 8.37. The Bertz CT molecular complexity index is 1230. The molecule has 3 heterocycles. The summed E-state index contributed by atoms with van der Waals surface area (Å²) in [4.78, 5) is 20.0. The van der Waals surface area contributed by atoms with Crippen molar-refractivity contribution in [2.24, 2.45) is 0 Å². The number of hydrogen-bond donors (Lipinski definition) is 1. The number of likely N-dealkylation sites (tertiary alicyclic amines) is 1. The summed E-state index contributed by atoms with van der Waals surface area (Å²) in [6, 6.07) is 5.08. The fourth-order valence-electron chi connectivity index (χ4n) is 5.58. The van der Waals surface area contributed by atoms with E-state index in [1.165, 1.54) is 12.7 Å². The molecule has 4 rings (SSSR count). The molecule has 0 aliphatic carbocycles. The number of nitrogens with one attached hydrogen (secondary N) is 1. The summed E-state index contributed by atoms with van der Waals surface area (Å²) in [6.07, 6.45) is 6.55. The van der Waals surface area contributed by atoms with Gasteiger partial charge in [0, 0.05) is 50.0 Å². The van der Waals surface area contributed by atoms with Gasteiger partial charge >= 0.3 is 5.97 Å². The second-order valence-corrected chi connectivity index (χ2v) is 12.3. The number of anilines is 1. The van der Waals surface area contributed by atoms with Crippen molar-refractivity contribution in [2.45, 2.75) is 96.3 Å². The van der Waals surface area contributed by atoms with Crippen molar-refractivity contribution >= 4 is 11.8 Å². The molecule has 1 aromatic heterocycles. The van der Waals surface area contributed by atoms with E-state index in [0.717, 1.165) is 68.7 Å². The highest BCUT2D eigenvalue weighted by Gasteiger charge is 2.40. The van der Waals surface area contributed by atoms with Gasteiger partial charge in [-0.2, -0.15) is 0 Å². The quantitative estimate of drug-likeness (QED) is 0.221. The van der Waals surface area contributed by atoms with Crippen LogP contribution in [0.1, 0.15) is 88.2 Å². The summed E-state index contributed by atoms with van der Waals surface area (Å²) in [7, 11) is 1.26. The van der Waals surface area contributed by atoms with Gasteiger partial charge < -0.3 is 19.5 Å². The summed E-state index contributed by atoms with van der Waals surface area (Å²) in [5.74, 6) is -4.12. The van der Waals surface area contributed by atoms with Crippen LogP contribution in [0.15, 0.2) is 24.3 Å². The number of benzene rings is 1. The molecule has 1 fully saturated rings. The maximum atomic E-state index is 15.0. The van der Waals surface area contributed by atoms with Crippen LogP contribution in [0.4, 0.5) is 19.0 Å². The Morgan fingerprint density at radius 2 is 1.95 bits per heavy atom. The molecule has 7 nitrogen and oxygen atoms in total. The molecular formula is C32H44F3N3O4. The molecule has 1 saturated heterocycles. The molecule has 0 bridgehead atoms. The molecule has 232 valence electrons. The molecule has 2 aliphatic rings. The van der Waals surface area contributed by atoms with Gasteiger partial charge in [-0.25, -0.2) is 22.9 Å². The van der Waals surface area contributed by atoms with E-state index in [0.29, 0.717) is 33.0 Å². The Morgan fingerprint density at radius 1 is 1.17 bits per heavy atom. The van der Waals surface area contributed by atoms with E-state index in [-0.39, 0.29) is 17.4 Å². The molecule has 0 spiro atoms. The summed E-state index contributed by atoms with van der Waals surface area (Å²) in [5.41, 5.74) is 1.06. The van der Waals surface area contributed by atoms with Crippen molar-refractivity contribution in [2.75, 3.05) is 38.7 Å². The van der Waals surface area contributed by atoms with Crippen LogP contribution in [0.25, 0.3) is 0 Å². The van der Waals surface area contributed by atoms with Crippen LogP contribution in [-0.2, 0) is 33.0 Å². The molecule has 0 radical (unpaired) electrons. The van der Waals surface area contributed by atoms with E-state index in [2.05, 4.69) is 17.4 Å². The number of aromatic nitrogens is 1. The number of pyridine rings is 1. The fourth-order valence-corrected chi connectivity index (χ4v) is 5.58. The second kappa shape index (κ2) is 13.6. The number of hydrogen-bond acceptors (Lipinski definition) is 7. The minimum atomic E-state index is -3.30. The first kappa shape index (κ1) is 32.1. The van der Waals surface area contributed by atoms with Crippen molar-refractivity contribution in [1.82, 2.24) is 9.88 Å². The summed E-state index contributed by atoms with van der Waals surface area (Å²) in [6.45, 7) is 8.27. The number of carbonyl (C=O) groups excluding carboxylic acids is 1. The summed E-state index contributed by atoms with van der Waals surface area (Å²) in [5, 5.41) is 3.38. The van der Waals surface area contributed by atoms with E-state index in [1.807, 2.05) is 4.90 Å². The predicted molar refractivity (Wildman–Crippen MR) is 156 cm³/mol.